The van der Waals surface area contributed by atoms with Gasteiger partial charge in [-0.1, -0.05) is 0 Å². The van der Waals surface area contributed by atoms with Crippen LogP contribution in [-0.2, 0) is 11.3 Å². The molecule has 0 unspecified atom stereocenters. The van der Waals surface area contributed by atoms with Crippen LogP contribution in [0.15, 0.2) is 17.1 Å². The molecule has 4 N–H and O–H groups in total. The summed E-state index contributed by atoms with van der Waals surface area (Å²) in [5.41, 5.74) is 3.85. The molecule has 0 bridgehead atoms. The number of hydrogen-bond acceptors (Lipinski definition) is 6. The quantitative estimate of drug-likeness (QED) is 0.566. The van der Waals surface area contributed by atoms with E-state index >= 15 is 0 Å². The van der Waals surface area contributed by atoms with Crippen LogP contribution >= 0.6 is 0 Å². The van der Waals surface area contributed by atoms with E-state index in [0.29, 0.717) is 6.42 Å². The summed E-state index contributed by atoms with van der Waals surface area (Å²) in [6.07, 6.45) is 1.81. The third-order valence-electron chi connectivity index (χ3n) is 2.71. The number of methoxy groups -OCH3 is 1. The van der Waals surface area contributed by atoms with E-state index in [2.05, 4.69) is 4.98 Å². The molecule has 0 radical (unpaired) electrons. The molecule has 0 amide bonds. The lowest BCUT2D eigenvalue weighted by Crippen LogP contribution is -2.41. The van der Waals surface area contributed by atoms with Crippen molar-refractivity contribution in [2.75, 3.05) is 26.1 Å². The van der Waals surface area contributed by atoms with E-state index in [0.717, 1.165) is 0 Å². The number of nitrogens with zero attached hydrogens (tertiary/aromatic N) is 2. The predicted molar refractivity (Wildman–Crippen MR) is 61.4 cm³/mol. The van der Waals surface area contributed by atoms with Gasteiger partial charge in [0.25, 0.3) is 0 Å². The summed E-state index contributed by atoms with van der Waals surface area (Å²) < 4.78 is 6.40. The number of anilines is 1. The second-order valence-corrected chi connectivity index (χ2v) is 3.78. The smallest absolute Gasteiger partial charge is 0.349 e. The molecule has 1 aromatic rings. The van der Waals surface area contributed by atoms with Crippen LogP contribution in [0, 0.1) is 0 Å². The maximum absolute atomic E-state index is 11.4. The highest BCUT2D eigenvalue weighted by Gasteiger charge is 2.28. The number of aliphatic hydroxyl groups excluding tert-OH is 2. The monoisotopic (exact) mass is 243 g/mol. The zero-order chi connectivity index (χ0) is 12.9. The molecular weight excluding hydrogens is 226 g/mol. The van der Waals surface area contributed by atoms with Crippen molar-refractivity contribution in [3.05, 3.63) is 22.7 Å². The van der Waals surface area contributed by atoms with Gasteiger partial charge in [-0.15, -0.1) is 0 Å². The highest BCUT2D eigenvalue weighted by atomic mass is 16.5. The normalized spacial score (nSPS) is 11.7. The van der Waals surface area contributed by atoms with Crippen LogP contribution in [0.3, 0.4) is 0 Å². The summed E-state index contributed by atoms with van der Waals surface area (Å²) in [5, 5.41) is 18.3. The molecule has 0 saturated carbocycles. The highest BCUT2D eigenvalue weighted by molar-refractivity contribution is 5.23. The number of aryl methyl sites for hydroxylation is 1. The Hall–Kier alpha value is -1.44. The van der Waals surface area contributed by atoms with Crippen molar-refractivity contribution >= 4 is 5.82 Å². The van der Waals surface area contributed by atoms with Gasteiger partial charge in [0.1, 0.15) is 11.4 Å². The van der Waals surface area contributed by atoms with Gasteiger partial charge in [0.05, 0.1) is 13.2 Å². The van der Waals surface area contributed by atoms with Crippen molar-refractivity contribution in [2.45, 2.75) is 18.6 Å². The molecule has 7 heteroatoms. The van der Waals surface area contributed by atoms with Crippen LogP contribution in [0.25, 0.3) is 0 Å². The lowest BCUT2D eigenvalue weighted by molar-refractivity contribution is -0.0921. The van der Waals surface area contributed by atoms with Gasteiger partial charge in [-0.2, -0.15) is 4.98 Å². The summed E-state index contributed by atoms with van der Waals surface area (Å²) in [7, 11) is 1.40. The van der Waals surface area contributed by atoms with E-state index in [1.54, 1.807) is 0 Å². The molecule has 0 aliphatic rings. The van der Waals surface area contributed by atoms with E-state index in [1.807, 2.05) is 0 Å². The van der Waals surface area contributed by atoms with E-state index in [9.17, 15) is 4.79 Å². The second-order valence-electron chi connectivity index (χ2n) is 3.78. The standard InChI is InChI=1S/C10H17N3O4/c1-17-10(6-14,7-15)3-5-13-4-2-8(11)12-9(13)16/h2,4,14-15H,3,5-7H2,1H3,(H2,11,12,16). The van der Waals surface area contributed by atoms with Crippen molar-refractivity contribution in [3.63, 3.8) is 0 Å². The molecule has 0 spiro atoms. The van der Waals surface area contributed by atoms with E-state index in [1.165, 1.54) is 23.9 Å². The Morgan fingerprint density at radius 1 is 1.53 bits per heavy atom. The lowest BCUT2D eigenvalue weighted by atomic mass is 10.0. The molecule has 17 heavy (non-hydrogen) atoms. The van der Waals surface area contributed by atoms with Gasteiger partial charge in [-0.25, -0.2) is 4.79 Å². The fourth-order valence-electron chi connectivity index (χ4n) is 1.38. The minimum absolute atomic E-state index is 0.161. The van der Waals surface area contributed by atoms with Crippen LogP contribution < -0.4 is 11.4 Å². The number of nitrogens with two attached hydrogens (primary N) is 1. The van der Waals surface area contributed by atoms with Crippen LogP contribution in [0.4, 0.5) is 5.82 Å². The number of rotatable bonds is 6. The number of nitrogen functional groups attached to an aromatic ring is 1. The fraction of sp³-hybridized carbons (Fsp3) is 0.600. The summed E-state index contributed by atoms with van der Waals surface area (Å²) >= 11 is 0. The Balaban J connectivity index is 2.75. The Kier molecular flexibility index (Phi) is 4.62. The van der Waals surface area contributed by atoms with Gasteiger partial charge in [-0.3, -0.25) is 4.57 Å². The summed E-state index contributed by atoms with van der Waals surface area (Å²) in [4.78, 5) is 15.0. The molecule has 0 aliphatic carbocycles. The van der Waals surface area contributed by atoms with Crippen molar-refractivity contribution in [2.24, 2.45) is 0 Å². The molecule has 0 fully saturated rings. The topological polar surface area (TPSA) is 111 Å². The predicted octanol–water partition coefficient (Wildman–Crippen LogP) is -1.41. The molecule has 0 aliphatic heterocycles. The third-order valence-corrected chi connectivity index (χ3v) is 2.71. The van der Waals surface area contributed by atoms with Gasteiger partial charge < -0.3 is 20.7 Å². The average Bonchev–Trinajstić information content (AvgIpc) is 2.33. The summed E-state index contributed by atoms with van der Waals surface area (Å²) in [6.45, 7) is -0.366. The van der Waals surface area contributed by atoms with Gasteiger partial charge in [0.15, 0.2) is 0 Å². The molecule has 0 atom stereocenters. The minimum Gasteiger partial charge on any atom is -0.393 e. The molecule has 1 heterocycles. The van der Waals surface area contributed by atoms with Crippen LogP contribution in [0.2, 0.25) is 0 Å². The largest absolute Gasteiger partial charge is 0.393 e. The maximum Gasteiger partial charge on any atom is 0.349 e. The number of hydrogen-bond donors (Lipinski definition) is 3. The fourth-order valence-corrected chi connectivity index (χ4v) is 1.38. The van der Waals surface area contributed by atoms with Crippen LogP contribution in [0.1, 0.15) is 6.42 Å². The first-order chi connectivity index (χ1) is 8.06. The Morgan fingerprint density at radius 2 is 2.18 bits per heavy atom. The number of aromatic nitrogens is 2. The number of aliphatic hydroxyl groups is 2. The molecule has 7 nitrogen and oxygen atoms in total. The van der Waals surface area contributed by atoms with Crippen molar-refractivity contribution in [1.29, 1.82) is 0 Å². The van der Waals surface area contributed by atoms with E-state index in [4.69, 9.17) is 20.7 Å². The highest BCUT2D eigenvalue weighted by Crippen LogP contribution is 2.14. The first-order valence-corrected chi connectivity index (χ1v) is 5.17. The zero-order valence-corrected chi connectivity index (χ0v) is 9.67. The Bertz CT molecular complexity index is 406. The Morgan fingerprint density at radius 3 is 2.65 bits per heavy atom. The van der Waals surface area contributed by atoms with Gasteiger partial charge >= 0.3 is 5.69 Å². The Labute approximate surface area is 98.5 Å². The van der Waals surface area contributed by atoms with Crippen LogP contribution in [0.5, 0.6) is 0 Å². The summed E-state index contributed by atoms with van der Waals surface area (Å²) in [6, 6.07) is 1.51. The summed E-state index contributed by atoms with van der Waals surface area (Å²) in [5.74, 6) is 0.161. The van der Waals surface area contributed by atoms with Gasteiger partial charge in [0, 0.05) is 19.9 Å². The maximum atomic E-state index is 11.4. The van der Waals surface area contributed by atoms with Crippen molar-refractivity contribution < 1.29 is 14.9 Å². The minimum atomic E-state index is -1.04. The zero-order valence-electron chi connectivity index (χ0n) is 9.67. The second kappa shape index (κ2) is 5.76. The van der Waals surface area contributed by atoms with E-state index < -0.39 is 11.3 Å². The molecular formula is C10H17N3O4. The number of ether oxygens (including phenoxy) is 1. The van der Waals surface area contributed by atoms with Gasteiger partial charge in [-0.05, 0) is 12.5 Å². The first kappa shape index (κ1) is 13.6. The lowest BCUT2D eigenvalue weighted by Gasteiger charge is -2.28. The van der Waals surface area contributed by atoms with E-state index in [-0.39, 0.29) is 25.6 Å². The van der Waals surface area contributed by atoms with Crippen molar-refractivity contribution in [1.82, 2.24) is 9.55 Å². The molecule has 1 rings (SSSR count). The average molecular weight is 243 g/mol. The van der Waals surface area contributed by atoms with Crippen molar-refractivity contribution in [3.8, 4) is 0 Å². The molecule has 0 aromatic carbocycles. The van der Waals surface area contributed by atoms with Crippen LogP contribution in [-0.4, -0.2) is 45.7 Å². The first-order valence-electron chi connectivity index (χ1n) is 5.17. The molecule has 1 aromatic heterocycles. The SMILES string of the molecule is COC(CO)(CO)CCn1ccc(N)nc1=O. The third kappa shape index (κ3) is 3.26. The van der Waals surface area contributed by atoms with Gasteiger partial charge in [0.2, 0.25) is 0 Å². The molecule has 96 valence electrons. The molecule has 0 saturated heterocycles.